The van der Waals surface area contributed by atoms with Gasteiger partial charge in [-0.25, -0.2) is 4.79 Å². The van der Waals surface area contributed by atoms with Gasteiger partial charge in [0, 0.05) is 23.9 Å². The smallest absolute Gasteiger partial charge is 0.354 e. The molecule has 2 aliphatic rings. The number of hydrogen-bond donors (Lipinski definition) is 0. The highest BCUT2D eigenvalue weighted by Gasteiger charge is 2.62. The number of fused-ring (bicyclic) bond motifs is 3. The van der Waals surface area contributed by atoms with E-state index in [1.54, 1.807) is 24.3 Å². The summed E-state index contributed by atoms with van der Waals surface area (Å²) in [4.78, 5) is 41.6. The van der Waals surface area contributed by atoms with Gasteiger partial charge < -0.3 is 9.64 Å². The number of hydrogen-bond acceptors (Lipinski definition) is 4. The molecule has 2 amide bonds. The van der Waals surface area contributed by atoms with Gasteiger partial charge in [0.2, 0.25) is 11.6 Å². The molecule has 1 unspecified atom stereocenters. The number of anilines is 1. The summed E-state index contributed by atoms with van der Waals surface area (Å²) in [6, 6.07) is 6.50. The lowest BCUT2D eigenvalue weighted by molar-refractivity contribution is -0.157. The molecule has 0 N–H and O–H groups in total. The van der Waals surface area contributed by atoms with E-state index in [9.17, 15) is 14.4 Å². The van der Waals surface area contributed by atoms with Gasteiger partial charge in [-0.2, -0.15) is 0 Å². The number of rotatable bonds is 4. The van der Waals surface area contributed by atoms with Gasteiger partial charge in [0.05, 0.1) is 11.3 Å². The van der Waals surface area contributed by atoms with Crippen LogP contribution in [0.5, 0.6) is 0 Å². The van der Waals surface area contributed by atoms with Gasteiger partial charge in [0.25, 0.3) is 5.91 Å². The fraction of sp³-hybridized carbons (Fsp3) is 0.389. The number of ether oxygens (including phenoxy) is 1. The van der Waals surface area contributed by atoms with Crippen molar-refractivity contribution in [3.63, 3.8) is 0 Å². The summed E-state index contributed by atoms with van der Waals surface area (Å²) in [5, 5.41) is 0.166. The highest BCUT2D eigenvalue weighted by Crippen LogP contribution is 2.45. The van der Waals surface area contributed by atoms with E-state index >= 15 is 0 Å². The van der Waals surface area contributed by atoms with Crippen LogP contribution in [0.4, 0.5) is 5.69 Å². The first kappa shape index (κ1) is 17.5. The van der Waals surface area contributed by atoms with Crippen LogP contribution in [-0.4, -0.2) is 41.0 Å². The first-order valence-corrected chi connectivity index (χ1v) is 8.44. The van der Waals surface area contributed by atoms with Crippen LogP contribution in [0, 0.1) is 0 Å². The van der Waals surface area contributed by atoms with E-state index in [1.165, 1.54) is 9.80 Å². The van der Waals surface area contributed by atoms with Crippen LogP contribution in [-0.2, 0) is 14.3 Å². The second kappa shape index (κ2) is 6.19. The van der Waals surface area contributed by atoms with E-state index in [1.807, 2.05) is 13.8 Å². The van der Waals surface area contributed by atoms with Gasteiger partial charge in [0.1, 0.15) is 6.61 Å². The summed E-state index contributed by atoms with van der Waals surface area (Å²) in [6.07, 6.45) is 0.333. The number of amides is 2. The number of carbonyl (C=O) groups is 3. The minimum absolute atomic E-state index is 0.155. The molecule has 0 aliphatic carbocycles. The third-order valence-electron chi connectivity index (χ3n) is 4.50. The van der Waals surface area contributed by atoms with Crippen molar-refractivity contribution in [3.05, 3.63) is 41.4 Å². The van der Waals surface area contributed by atoms with Crippen LogP contribution in [0.2, 0.25) is 0 Å². The van der Waals surface area contributed by atoms with Crippen LogP contribution in [0.3, 0.4) is 0 Å². The maximum Gasteiger partial charge on any atom is 0.354 e. The van der Waals surface area contributed by atoms with Crippen LogP contribution in [0.1, 0.15) is 37.0 Å². The molecule has 0 bridgehead atoms. The molecular formula is C18H19ClN2O4. The zero-order chi connectivity index (χ0) is 18.4. The van der Waals surface area contributed by atoms with Crippen LogP contribution in [0.25, 0.3) is 0 Å². The van der Waals surface area contributed by atoms with Crippen molar-refractivity contribution in [1.29, 1.82) is 0 Å². The molecular weight excluding hydrogens is 344 g/mol. The zero-order valence-electron chi connectivity index (χ0n) is 14.1. The molecule has 0 radical (unpaired) electrons. The first-order valence-electron chi connectivity index (χ1n) is 8.07. The van der Waals surface area contributed by atoms with Crippen molar-refractivity contribution in [2.24, 2.45) is 0 Å². The Kier molecular flexibility index (Phi) is 4.33. The molecule has 2 aliphatic heterocycles. The third-order valence-corrected chi connectivity index (χ3v) is 4.61. The van der Waals surface area contributed by atoms with Gasteiger partial charge in [0.15, 0.2) is 0 Å². The molecule has 2 heterocycles. The van der Waals surface area contributed by atoms with Crippen molar-refractivity contribution in [2.75, 3.05) is 11.5 Å². The molecule has 1 saturated heterocycles. The number of nitrogens with zero attached hydrogens (tertiary/aromatic N) is 2. The minimum Gasteiger partial charge on any atom is -0.457 e. The third kappa shape index (κ3) is 2.52. The zero-order valence-corrected chi connectivity index (χ0v) is 14.9. The topological polar surface area (TPSA) is 66.9 Å². The van der Waals surface area contributed by atoms with Crippen molar-refractivity contribution < 1.29 is 19.1 Å². The first-order chi connectivity index (χ1) is 11.8. The predicted octanol–water partition coefficient (Wildman–Crippen LogP) is 2.67. The lowest BCUT2D eigenvalue weighted by Gasteiger charge is -2.50. The summed E-state index contributed by atoms with van der Waals surface area (Å²) in [5.74, 6) is -1.18. The van der Waals surface area contributed by atoms with Gasteiger partial charge in [-0.3, -0.25) is 14.5 Å². The Bertz CT molecular complexity index is 776. The number of carbonyl (C=O) groups excluding carboxylic acids is 3. The fourth-order valence-electron chi connectivity index (χ4n) is 3.63. The number of esters is 1. The summed E-state index contributed by atoms with van der Waals surface area (Å²) >= 11 is 5.71. The van der Waals surface area contributed by atoms with Crippen LogP contribution >= 0.6 is 11.6 Å². The Labute approximate surface area is 151 Å². The highest BCUT2D eigenvalue weighted by atomic mass is 35.5. The average Bonchev–Trinajstić information content (AvgIpc) is 2.91. The fourth-order valence-corrected chi connectivity index (χ4v) is 3.69. The SMILES string of the molecule is C=C(Cl)COC(=O)C12CCC(=O)N1c1ccccc1C(=O)N2C(C)C. The number of benzene rings is 1. The maximum absolute atomic E-state index is 13.1. The summed E-state index contributed by atoms with van der Waals surface area (Å²) in [5.41, 5.74) is -0.645. The van der Waals surface area contributed by atoms with Gasteiger partial charge in [-0.05, 0) is 26.0 Å². The average molecular weight is 363 g/mol. The Morgan fingerprint density at radius 3 is 2.68 bits per heavy atom. The normalized spacial score (nSPS) is 22.1. The molecule has 0 saturated carbocycles. The second-order valence-corrected chi connectivity index (χ2v) is 6.96. The highest BCUT2D eigenvalue weighted by molar-refractivity contribution is 6.29. The van der Waals surface area contributed by atoms with E-state index in [2.05, 4.69) is 6.58 Å². The summed E-state index contributed by atoms with van der Waals surface area (Å²) < 4.78 is 5.28. The van der Waals surface area contributed by atoms with E-state index < -0.39 is 11.6 Å². The molecule has 0 spiro atoms. The summed E-state index contributed by atoms with van der Waals surface area (Å²) in [6.45, 7) is 6.94. The van der Waals surface area contributed by atoms with Gasteiger partial charge in [-0.1, -0.05) is 30.3 Å². The van der Waals surface area contributed by atoms with E-state index in [0.29, 0.717) is 11.3 Å². The van der Waals surface area contributed by atoms with Gasteiger partial charge >= 0.3 is 5.97 Å². The van der Waals surface area contributed by atoms with E-state index in [4.69, 9.17) is 16.3 Å². The Hall–Kier alpha value is -2.34. The molecule has 1 atom stereocenters. The molecule has 0 aromatic heterocycles. The van der Waals surface area contributed by atoms with Crippen molar-refractivity contribution in [1.82, 2.24) is 4.90 Å². The molecule has 25 heavy (non-hydrogen) atoms. The van der Waals surface area contributed by atoms with Crippen molar-refractivity contribution >= 4 is 35.1 Å². The lowest BCUT2D eigenvalue weighted by Crippen LogP contribution is -2.70. The molecule has 7 heteroatoms. The van der Waals surface area contributed by atoms with Crippen LogP contribution < -0.4 is 4.90 Å². The van der Waals surface area contributed by atoms with Crippen LogP contribution in [0.15, 0.2) is 35.9 Å². The monoisotopic (exact) mass is 362 g/mol. The van der Waals surface area contributed by atoms with E-state index in [-0.39, 0.29) is 42.3 Å². The Balaban J connectivity index is 2.18. The molecule has 1 aromatic carbocycles. The maximum atomic E-state index is 13.1. The largest absolute Gasteiger partial charge is 0.457 e. The predicted molar refractivity (Wildman–Crippen MR) is 93.2 cm³/mol. The quantitative estimate of drug-likeness (QED) is 0.772. The standard InChI is InChI=1S/C18H19ClN2O4/c1-11(2)20-16(23)13-6-4-5-7-14(13)21-15(22)8-9-18(20,21)17(24)25-10-12(3)19/h4-7,11H,3,8-10H2,1-2H3. The lowest BCUT2D eigenvalue weighted by atomic mass is 9.95. The van der Waals surface area contributed by atoms with E-state index in [0.717, 1.165) is 0 Å². The Morgan fingerprint density at radius 2 is 2.04 bits per heavy atom. The molecule has 132 valence electrons. The van der Waals surface area contributed by atoms with Gasteiger partial charge in [-0.15, -0.1) is 0 Å². The Morgan fingerprint density at radius 1 is 1.36 bits per heavy atom. The molecule has 1 fully saturated rings. The van der Waals surface area contributed by atoms with Crippen molar-refractivity contribution in [2.45, 2.75) is 38.4 Å². The van der Waals surface area contributed by atoms with Crippen molar-refractivity contribution in [3.8, 4) is 0 Å². The summed E-state index contributed by atoms with van der Waals surface area (Å²) in [7, 11) is 0. The molecule has 3 rings (SSSR count). The number of para-hydroxylation sites is 1. The molecule has 6 nitrogen and oxygen atoms in total. The molecule has 1 aromatic rings. The second-order valence-electron chi connectivity index (χ2n) is 6.43. The minimum atomic E-state index is -1.48. The number of halogens is 1.